The molecule has 2 aromatic heterocycles. The Labute approximate surface area is 97.1 Å². The molecular weight excluding hydrogens is 226 g/mol. The van der Waals surface area contributed by atoms with Gasteiger partial charge in [-0.25, -0.2) is 0 Å². The Morgan fingerprint density at radius 1 is 1.50 bits per heavy atom. The molecule has 0 N–H and O–H groups in total. The summed E-state index contributed by atoms with van der Waals surface area (Å²) in [7, 11) is 0. The molecule has 2 aromatic rings. The second kappa shape index (κ2) is 4.98. The zero-order chi connectivity index (χ0) is 11.4. The Balaban J connectivity index is 1.99. The third-order valence-electron chi connectivity index (χ3n) is 1.96. The van der Waals surface area contributed by atoms with E-state index in [-0.39, 0.29) is 0 Å². The molecule has 2 rings (SSSR count). The first-order chi connectivity index (χ1) is 7.79. The number of aromatic nitrogens is 3. The fraction of sp³-hybridized carbons (Fsp3) is 0.300. The van der Waals surface area contributed by atoms with E-state index in [0.717, 1.165) is 11.2 Å². The molecule has 0 saturated heterocycles. The predicted octanol–water partition coefficient (Wildman–Crippen LogP) is 1.56. The van der Waals surface area contributed by atoms with Gasteiger partial charge in [-0.15, -0.1) is 0 Å². The van der Waals surface area contributed by atoms with Crippen molar-refractivity contribution in [2.24, 2.45) is 0 Å². The molecule has 0 amide bonds. The molecule has 0 aromatic carbocycles. The largest absolute Gasteiger partial charge is 0.618 e. The molecule has 0 bridgehead atoms. The molecule has 0 radical (unpaired) electrons. The van der Waals surface area contributed by atoms with Crippen LogP contribution < -0.4 is 4.73 Å². The van der Waals surface area contributed by atoms with Gasteiger partial charge in [-0.05, 0) is 17.8 Å². The first kappa shape index (κ1) is 10.9. The lowest BCUT2D eigenvalue weighted by Gasteiger charge is -2.00. The molecular formula is C10H11N3O2S. The first-order valence-electron chi connectivity index (χ1n) is 4.92. The zero-order valence-corrected chi connectivity index (χ0v) is 9.61. The van der Waals surface area contributed by atoms with Crippen molar-refractivity contribution in [2.45, 2.75) is 24.1 Å². The number of hydrogen-bond donors (Lipinski definition) is 0. The minimum absolute atomic E-state index is 0.513. The topological polar surface area (TPSA) is 65.9 Å². The molecule has 6 heteroatoms. The quantitative estimate of drug-likeness (QED) is 0.458. The minimum atomic E-state index is 0.513. The summed E-state index contributed by atoms with van der Waals surface area (Å²) in [6, 6.07) is 5.27. The standard InChI is InChI=1S/C10H11N3O2S/c1-2-8-11-9(15-12-8)7-16-10-5-3-4-6-13(10)14/h3-6H,2,7H2,1H3. The van der Waals surface area contributed by atoms with Gasteiger partial charge in [-0.1, -0.05) is 12.1 Å². The van der Waals surface area contributed by atoms with Crippen molar-refractivity contribution in [3.63, 3.8) is 0 Å². The monoisotopic (exact) mass is 237 g/mol. The Bertz CT molecular complexity index is 473. The van der Waals surface area contributed by atoms with Crippen LogP contribution in [0.25, 0.3) is 0 Å². The Morgan fingerprint density at radius 3 is 3.06 bits per heavy atom. The number of pyridine rings is 1. The highest BCUT2D eigenvalue weighted by atomic mass is 32.2. The fourth-order valence-electron chi connectivity index (χ4n) is 1.15. The fourth-order valence-corrected chi connectivity index (χ4v) is 1.90. The summed E-state index contributed by atoms with van der Waals surface area (Å²) in [5.41, 5.74) is 0. The Morgan fingerprint density at radius 2 is 2.38 bits per heavy atom. The molecule has 0 aliphatic rings. The van der Waals surface area contributed by atoms with E-state index in [0.29, 0.717) is 22.5 Å². The number of nitrogens with zero attached hydrogens (tertiary/aromatic N) is 3. The molecule has 0 aliphatic carbocycles. The van der Waals surface area contributed by atoms with Crippen molar-refractivity contribution >= 4 is 11.8 Å². The normalized spacial score (nSPS) is 10.6. The van der Waals surface area contributed by atoms with E-state index in [1.807, 2.05) is 13.0 Å². The summed E-state index contributed by atoms with van der Waals surface area (Å²) in [5.74, 6) is 1.75. The smallest absolute Gasteiger partial charge is 0.251 e. The van der Waals surface area contributed by atoms with Crippen molar-refractivity contribution in [1.29, 1.82) is 0 Å². The zero-order valence-electron chi connectivity index (χ0n) is 8.79. The molecule has 0 spiro atoms. The van der Waals surface area contributed by atoms with Crippen LogP contribution in [0.1, 0.15) is 18.6 Å². The summed E-state index contributed by atoms with van der Waals surface area (Å²) in [6.45, 7) is 1.96. The highest BCUT2D eigenvalue weighted by molar-refractivity contribution is 7.98. The number of aryl methyl sites for hydroxylation is 1. The van der Waals surface area contributed by atoms with Gasteiger partial charge >= 0.3 is 0 Å². The van der Waals surface area contributed by atoms with Crippen LogP contribution in [-0.2, 0) is 12.2 Å². The van der Waals surface area contributed by atoms with Gasteiger partial charge in [0.1, 0.15) is 0 Å². The third-order valence-corrected chi connectivity index (χ3v) is 2.96. The lowest BCUT2D eigenvalue weighted by molar-refractivity contribution is -0.645. The second-order valence-electron chi connectivity index (χ2n) is 3.11. The maximum atomic E-state index is 11.3. The van der Waals surface area contributed by atoms with E-state index in [1.54, 1.807) is 12.1 Å². The Kier molecular flexibility index (Phi) is 3.40. The average molecular weight is 237 g/mol. The predicted molar refractivity (Wildman–Crippen MR) is 58.6 cm³/mol. The van der Waals surface area contributed by atoms with Crippen LogP contribution in [0.5, 0.6) is 0 Å². The van der Waals surface area contributed by atoms with Gasteiger partial charge in [0.2, 0.25) is 5.89 Å². The van der Waals surface area contributed by atoms with Crippen molar-refractivity contribution < 1.29 is 9.25 Å². The second-order valence-corrected chi connectivity index (χ2v) is 4.11. The van der Waals surface area contributed by atoms with Crippen LogP contribution in [0, 0.1) is 5.21 Å². The maximum absolute atomic E-state index is 11.3. The van der Waals surface area contributed by atoms with E-state index >= 15 is 0 Å². The van der Waals surface area contributed by atoms with Crippen LogP contribution in [0.3, 0.4) is 0 Å². The van der Waals surface area contributed by atoms with E-state index in [1.165, 1.54) is 18.0 Å². The highest BCUT2D eigenvalue weighted by Crippen LogP contribution is 2.17. The molecule has 2 heterocycles. The van der Waals surface area contributed by atoms with Gasteiger partial charge in [0.25, 0.3) is 5.03 Å². The molecule has 0 aliphatic heterocycles. The minimum Gasteiger partial charge on any atom is -0.618 e. The number of hydrogen-bond acceptors (Lipinski definition) is 5. The SMILES string of the molecule is CCc1noc(CSc2cccc[n+]2[O-])n1. The molecule has 16 heavy (non-hydrogen) atoms. The van der Waals surface area contributed by atoms with Gasteiger partial charge in [0, 0.05) is 18.6 Å². The summed E-state index contributed by atoms with van der Waals surface area (Å²) in [4.78, 5) is 4.16. The average Bonchev–Trinajstić information content (AvgIpc) is 2.76. The summed E-state index contributed by atoms with van der Waals surface area (Å²) in [6.07, 6.45) is 2.22. The van der Waals surface area contributed by atoms with Crippen molar-refractivity contribution in [1.82, 2.24) is 10.1 Å². The lowest BCUT2D eigenvalue weighted by atomic mass is 10.5. The van der Waals surface area contributed by atoms with Crippen LogP contribution in [0.15, 0.2) is 33.9 Å². The van der Waals surface area contributed by atoms with E-state index in [9.17, 15) is 5.21 Å². The summed E-state index contributed by atoms with van der Waals surface area (Å²) < 4.78 is 5.85. The van der Waals surface area contributed by atoms with Gasteiger partial charge in [-0.3, -0.25) is 0 Å². The third kappa shape index (κ3) is 2.52. The van der Waals surface area contributed by atoms with Gasteiger partial charge in [-0.2, -0.15) is 9.71 Å². The van der Waals surface area contributed by atoms with Crippen LogP contribution in [0.2, 0.25) is 0 Å². The van der Waals surface area contributed by atoms with E-state index in [2.05, 4.69) is 10.1 Å². The van der Waals surface area contributed by atoms with Crippen LogP contribution >= 0.6 is 11.8 Å². The van der Waals surface area contributed by atoms with Crippen LogP contribution in [-0.4, -0.2) is 10.1 Å². The maximum Gasteiger partial charge on any atom is 0.251 e. The van der Waals surface area contributed by atoms with Gasteiger partial charge in [0.15, 0.2) is 12.0 Å². The Hall–Kier alpha value is -1.56. The van der Waals surface area contributed by atoms with E-state index in [4.69, 9.17) is 4.52 Å². The highest BCUT2D eigenvalue weighted by Gasteiger charge is 2.09. The van der Waals surface area contributed by atoms with Crippen molar-refractivity contribution in [3.8, 4) is 0 Å². The van der Waals surface area contributed by atoms with E-state index < -0.39 is 0 Å². The first-order valence-corrected chi connectivity index (χ1v) is 5.90. The van der Waals surface area contributed by atoms with Gasteiger partial charge < -0.3 is 9.73 Å². The van der Waals surface area contributed by atoms with Crippen molar-refractivity contribution in [3.05, 3.63) is 41.3 Å². The van der Waals surface area contributed by atoms with Crippen LogP contribution in [0.4, 0.5) is 0 Å². The van der Waals surface area contributed by atoms with Gasteiger partial charge in [0.05, 0.1) is 5.75 Å². The summed E-state index contributed by atoms with van der Waals surface area (Å²) >= 11 is 1.38. The molecule has 84 valence electrons. The summed E-state index contributed by atoms with van der Waals surface area (Å²) in [5, 5.41) is 15.7. The molecule has 0 atom stereocenters. The molecule has 0 unspecified atom stereocenters. The number of rotatable bonds is 4. The molecule has 0 fully saturated rings. The molecule has 5 nitrogen and oxygen atoms in total. The lowest BCUT2D eigenvalue weighted by Crippen LogP contribution is -2.27. The van der Waals surface area contributed by atoms with Crippen molar-refractivity contribution in [2.75, 3.05) is 0 Å². The number of thioether (sulfide) groups is 1. The molecule has 0 saturated carbocycles.